The molecule has 0 saturated heterocycles. The number of methoxy groups -OCH3 is 2. The first kappa shape index (κ1) is 46.3. The number of benzene rings is 4. The molecule has 2 aliphatic rings. The van der Waals surface area contributed by atoms with Crippen LogP contribution in [0.1, 0.15) is 72.0 Å². The minimum absolute atomic E-state index is 0.0203. The van der Waals surface area contributed by atoms with Gasteiger partial charge >= 0.3 is 0 Å². The Kier molecular flexibility index (Phi) is 14.2. The molecule has 4 atom stereocenters. The highest BCUT2D eigenvalue weighted by Gasteiger charge is 2.49. The predicted octanol–water partition coefficient (Wildman–Crippen LogP) is 8.62. The van der Waals surface area contributed by atoms with Gasteiger partial charge < -0.3 is 48.2 Å². The molecule has 8 rings (SSSR count). The smallest absolute Gasteiger partial charge is 0.294 e. The van der Waals surface area contributed by atoms with Crippen LogP contribution in [0.25, 0.3) is 21.9 Å². The van der Waals surface area contributed by atoms with Gasteiger partial charge in [-0.05, 0) is 75.2 Å². The van der Waals surface area contributed by atoms with Crippen molar-refractivity contribution in [2.75, 3.05) is 53.7 Å². The first-order valence-corrected chi connectivity index (χ1v) is 22.3. The second-order valence-electron chi connectivity index (χ2n) is 16.0. The van der Waals surface area contributed by atoms with Gasteiger partial charge in [-0.15, -0.1) is 0 Å². The Morgan fingerprint density at radius 1 is 0.641 bits per heavy atom. The summed E-state index contributed by atoms with van der Waals surface area (Å²) in [6.07, 6.45) is 0. The number of ether oxygens (including phenoxy) is 4. The van der Waals surface area contributed by atoms with Crippen molar-refractivity contribution in [3.05, 3.63) is 129 Å². The van der Waals surface area contributed by atoms with Crippen LogP contribution in [0.5, 0.6) is 11.5 Å². The van der Waals surface area contributed by atoms with Crippen molar-refractivity contribution in [2.45, 2.75) is 50.9 Å². The van der Waals surface area contributed by atoms with Gasteiger partial charge in [0.2, 0.25) is 23.3 Å². The molecule has 0 saturated carbocycles. The van der Waals surface area contributed by atoms with Crippen molar-refractivity contribution in [1.82, 2.24) is 20.4 Å². The van der Waals surface area contributed by atoms with Gasteiger partial charge in [-0.3, -0.25) is 19.2 Å². The Labute approximate surface area is 387 Å². The summed E-state index contributed by atoms with van der Waals surface area (Å²) in [6, 6.07) is 29.8. The molecule has 2 aliphatic heterocycles. The van der Waals surface area contributed by atoms with Gasteiger partial charge in [-0.25, -0.2) is 0 Å². The molecule has 16 heteroatoms. The Morgan fingerprint density at radius 2 is 1.02 bits per heavy atom. The van der Waals surface area contributed by atoms with Gasteiger partial charge in [0.05, 0.1) is 36.1 Å². The van der Waals surface area contributed by atoms with Crippen LogP contribution in [0.3, 0.4) is 0 Å². The Balaban J connectivity index is 0.000000191. The molecule has 64 heavy (non-hydrogen) atoms. The van der Waals surface area contributed by atoms with Crippen LogP contribution in [0.2, 0.25) is 0 Å². The van der Waals surface area contributed by atoms with E-state index < -0.39 is 22.9 Å². The zero-order valence-corrected chi connectivity index (χ0v) is 39.5. The number of carbonyl (C=O) groups is 4. The summed E-state index contributed by atoms with van der Waals surface area (Å²) >= 11 is 6.83. The standard InChI is InChI=1S/2C24H25BrN2O5/c2*1-15(16-7-5-4-6-8-16)26-23(29)24(2)14-31-20-18-10-9-17(25)13-19(18)32-21(20)22(28)27(24)11-12-30-3/h2*4-10,13,15H,11-12,14H2,1-3H3,(H,26,29)/t2*15?,24-/m00/s1. The summed E-state index contributed by atoms with van der Waals surface area (Å²) in [5.74, 6) is -0.562. The summed E-state index contributed by atoms with van der Waals surface area (Å²) in [6.45, 7) is 8.15. The van der Waals surface area contributed by atoms with Crippen LogP contribution in [0.15, 0.2) is 115 Å². The zero-order chi connectivity index (χ0) is 45.8. The average Bonchev–Trinajstić information content (AvgIpc) is 3.79. The van der Waals surface area contributed by atoms with Crippen molar-refractivity contribution in [2.24, 2.45) is 0 Å². The molecular formula is C48H50Br2N4O10. The second-order valence-corrected chi connectivity index (χ2v) is 17.9. The highest BCUT2D eigenvalue weighted by molar-refractivity contribution is 9.10. The minimum atomic E-state index is -1.26. The van der Waals surface area contributed by atoms with Gasteiger partial charge in [0, 0.05) is 36.3 Å². The molecule has 4 amide bonds. The second kappa shape index (κ2) is 19.6. The number of nitrogens with zero attached hydrogens (tertiary/aromatic N) is 2. The lowest BCUT2D eigenvalue weighted by atomic mass is 9.97. The number of halogens is 2. The van der Waals surface area contributed by atoms with E-state index >= 15 is 0 Å². The maximum atomic E-state index is 13.6. The summed E-state index contributed by atoms with van der Waals surface area (Å²) in [7, 11) is 3.11. The van der Waals surface area contributed by atoms with E-state index in [0.29, 0.717) is 33.4 Å². The molecule has 2 aromatic heterocycles. The van der Waals surface area contributed by atoms with Crippen LogP contribution in [-0.2, 0) is 19.1 Å². The number of hydrogen-bond acceptors (Lipinski definition) is 10. The van der Waals surface area contributed by atoms with Crippen LogP contribution >= 0.6 is 31.9 Å². The van der Waals surface area contributed by atoms with E-state index in [4.69, 9.17) is 27.8 Å². The molecule has 14 nitrogen and oxygen atoms in total. The molecular weight excluding hydrogens is 952 g/mol. The van der Waals surface area contributed by atoms with Crippen molar-refractivity contribution >= 4 is 77.4 Å². The lowest BCUT2D eigenvalue weighted by Crippen LogP contribution is -2.62. The fourth-order valence-electron chi connectivity index (χ4n) is 7.73. The van der Waals surface area contributed by atoms with Gasteiger partial charge in [0.15, 0.2) is 22.6 Å². The molecule has 2 N–H and O–H groups in total. The lowest BCUT2D eigenvalue weighted by Gasteiger charge is -2.38. The molecule has 0 bridgehead atoms. The summed E-state index contributed by atoms with van der Waals surface area (Å²) in [5.41, 5.74) is 0.490. The number of nitrogens with one attached hydrogen (secondary N) is 2. The molecule has 0 radical (unpaired) electrons. The van der Waals surface area contributed by atoms with Gasteiger partial charge in [-0.1, -0.05) is 92.5 Å². The monoisotopic (exact) mass is 1000 g/mol. The van der Waals surface area contributed by atoms with E-state index in [-0.39, 0.29) is 74.9 Å². The van der Waals surface area contributed by atoms with Crippen LogP contribution in [0, 0.1) is 0 Å². The third-order valence-electron chi connectivity index (χ3n) is 11.6. The van der Waals surface area contributed by atoms with E-state index in [9.17, 15) is 19.2 Å². The van der Waals surface area contributed by atoms with Crippen LogP contribution in [0.4, 0.5) is 0 Å². The van der Waals surface area contributed by atoms with E-state index in [1.54, 1.807) is 40.2 Å². The largest absolute Gasteiger partial charge is 0.486 e. The molecule has 4 aromatic carbocycles. The number of fused-ring (bicyclic) bond motifs is 6. The molecule has 0 fully saturated rings. The Morgan fingerprint density at radius 3 is 1.38 bits per heavy atom. The Bertz CT molecular complexity index is 2470. The highest BCUT2D eigenvalue weighted by atomic mass is 79.9. The fraction of sp³-hybridized carbons (Fsp3) is 0.333. The van der Waals surface area contributed by atoms with Crippen molar-refractivity contribution in [1.29, 1.82) is 0 Å². The van der Waals surface area contributed by atoms with Crippen LogP contribution in [-0.4, -0.2) is 98.2 Å². The van der Waals surface area contributed by atoms with Gasteiger partial charge in [0.25, 0.3) is 11.8 Å². The fourth-order valence-corrected chi connectivity index (χ4v) is 8.41. The van der Waals surface area contributed by atoms with Gasteiger partial charge in [-0.2, -0.15) is 0 Å². The van der Waals surface area contributed by atoms with E-state index in [1.165, 1.54) is 9.80 Å². The molecule has 2 unspecified atom stereocenters. The highest BCUT2D eigenvalue weighted by Crippen LogP contribution is 2.41. The van der Waals surface area contributed by atoms with Crippen molar-refractivity contribution in [3.8, 4) is 11.5 Å². The number of carbonyl (C=O) groups excluding carboxylic acids is 4. The predicted molar refractivity (Wildman–Crippen MR) is 247 cm³/mol. The summed E-state index contributed by atoms with van der Waals surface area (Å²) < 4.78 is 36.0. The minimum Gasteiger partial charge on any atom is -0.486 e. The van der Waals surface area contributed by atoms with Crippen molar-refractivity contribution in [3.63, 3.8) is 0 Å². The first-order valence-electron chi connectivity index (χ1n) is 20.7. The molecule has 0 spiro atoms. The van der Waals surface area contributed by atoms with E-state index in [0.717, 1.165) is 20.1 Å². The topological polar surface area (TPSA) is 162 Å². The summed E-state index contributed by atoms with van der Waals surface area (Å²) in [5, 5.41) is 7.44. The zero-order valence-electron chi connectivity index (χ0n) is 36.4. The molecule has 336 valence electrons. The van der Waals surface area contributed by atoms with Crippen LogP contribution < -0.4 is 20.1 Å². The number of amides is 4. The molecule has 6 aromatic rings. The van der Waals surface area contributed by atoms with E-state index in [1.807, 2.05) is 98.8 Å². The molecule has 0 aliphatic carbocycles. The first-order chi connectivity index (χ1) is 30.7. The van der Waals surface area contributed by atoms with E-state index in [2.05, 4.69) is 42.5 Å². The third-order valence-corrected chi connectivity index (χ3v) is 12.6. The Hall–Kier alpha value is -5.68. The normalized spacial score (nSPS) is 19.2. The quantitative estimate of drug-likeness (QED) is 0.121. The average molecular weight is 1000 g/mol. The van der Waals surface area contributed by atoms with Gasteiger partial charge in [0.1, 0.15) is 24.4 Å². The summed E-state index contributed by atoms with van der Waals surface area (Å²) in [4.78, 5) is 57.1. The van der Waals surface area contributed by atoms with Crippen molar-refractivity contribution < 1.29 is 47.0 Å². The number of furan rings is 2. The lowest BCUT2D eigenvalue weighted by molar-refractivity contribution is -0.134. The maximum absolute atomic E-state index is 13.6. The number of hydrogen-bond donors (Lipinski definition) is 2. The number of rotatable bonds is 12. The maximum Gasteiger partial charge on any atom is 0.294 e. The SMILES string of the molecule is COCCN1C(=O)c2oc3cc(Br)ccc3c2OC[C@@]1(C)C(=O)NC(C)c1ccccc1.COCCN1C(=O)c2oc3cc(Br)ccc3c2OC[C@@]1(C)C(=O)NC(C)c1ccccc1. The third kappa shape index (κ3) is 9.27. The molecule has 4 heterocycles.